The lowest BCUT2D eigenvalue weighted by molar-refractivity contribution is -0.140. The zero-order valence-electron chi connectivity index (χ0n) is 23.7. The summed E-state index contributed by atoms with van der Waals surface area (Å²) in [5.74, 6) is 6.63. The number of hydrogen-bond donors (Lipinski definition) is 4. The largest absolute Gasteiger partial charge is 0.495 e. The zero-order chi connectivity index (χ0) is 29.8. The molecule has 1 fully saturated rings. The molecule has 0 amide bonds. The van der Waals surface area contributed by atoms with E-state index < -0.39 is 12.7 Å². The molecule has 11 heteroatoms. The third kappa shape index (κ3) is 9.23. The summed E-state index contributed by atoms with van der Waals surface area (Å²) in [6.45, 7) is 2.07. The van der Waals surface area contributed by atoms with Crippen LogP contribution in [-0.4, -0.2) is 85.2 Å². The number of aliphatic hydroxyl groups is 2. The number of methoxy groups -OCH3 is 1. The van der Waals surface area contributed by atoms with E-state index in [-0.39, 0.29) is 19.2 Å². The summed E-state index contributed by atoms with van der Waals surface area (Å²) in [5.41, 5.74) is 2.42. The van der Waals surface area contributed by atoms with Gasteiger partial charge in [0, 0.05) is 55.4 Å². The molecule has 0 unspecified atom stereocenters. The molecule has 0 spiro atoms. The molecule has 1 aromatic heterocycles. The van der Waals surface area contributed by atoms with Gasteiger partial charge in [-0.2, -0.15) is 13.2 Å². The van der Waals surface area contributed by atoms with Gasteiger partial charge in [0.1, 0.15) is 12.3 Å². The molecule has 1 aliphatic rings. The first kappa shape index (κ1) is 32.5. The van der Waals surface area contributed by atoms with Crippen molar-refractivity contribution in [2.24, 2.45) is 0 Å². The van der Waals surface area contributed by atoms with E-state index in [0.29, 0.717) is 17.0 Å². The molecule has 1 aliphatic heterocycles. The maximum atomic E-state index is 13.5. The van der Waals surface area contributed by atoms with Gasteiger partial charge in [-0.05, 0) is 67.8 Å². The van der Waals surface area contributed by atoms with Gasteiger partial charge in [0.2, 0.25) is 0 Å². The van der Waals surface area contributed by atoms with Crippen LogP contribution in [0.2, 0.25) is 0 Å². The summed E-state index contributed by atoms with van der Waals surface area (Å²) in [4.78, 5) is 3.40. The van der Waals surface area contributed by atoms with E-state index in [9.17, 15) is 13.2 Å². The number of likely N-dealkylation sites (tertiary alicyclic amines) is 1. The van der Waals surface area contributed by atoms with Crippen molar-refractivity contribution in [1.82, 2.24) is 9.47 Å². The van der Waals surface area contributed by atoms with Crippen LogP contribution in [0.5, 0.6) is 5.75 Å². The summed E-state index contributed by atoms with van der Waals surface area (Å²) in [6.07, 6.45) is 0.243. The second kappa shape index (κ2) is 15.8. The zero-order valence-corrected chi connectivity index (χ0v) is 24.5. The third-order valence-corrected chi connectivity index (χ3v) is 7.58. The van der Waals surface area contributed by atoms with E-state index in [1.807, 2.05) is 30.5 Å². The minimum Gasteiger partial charge on any atom is -0.495 e. The van der Waals surface area contributed by atoms with Gasteiger partial charge in [0.05, 0.1) is 30.6 Å². The van der Waals surface area contributed by atoms with Crippen LogP contribution in [0.1, 0.15) is 25.0 Å². The minimum absolute atomic E-state index is 0.190. The smallest absolute Gasteiger partial charge is 0.406 e. The van der Waals surface area contributed by atoms with Crippen LogP contribution >= 0.6 is 11.8 Å². The lowest BCUT2D eigenvalue weighted by Gasteiger charge is -2.32. The van der Waals surface area contributed by atoms with Gasteiger partial charge < -0.3 is 35.1 Å². The molecule has 41 heavy (non-hydrogen) atoms. The molecule has 0 aliphatic carbocycles. The van der Waals surface area contributed by atoms with Gasteiger partial charge in [-0.25, -0.2) is 0 Å². The fourth-order valence-electron chi connectivity index (χ4n) is 4.90. The topological polar surface area (TPSA) is 81.9 Å². The lowest BCUT2D eigenvalue weighted by atomic mass is 10.0. The molecule has 3 aromatic rings. The Morgan fingerprint density at radius 1 is 1.10 bits per heavy atom. The van der Waals surface area contributed by atoms with Gasteiger partial charge in [-0.15, -0.1) is 11.8 Å². The predicted molar refractivity (Wildman–Crippen MR) is 161 cm³/mol. The number of piperidine rings is 1. The van der Waals surface area contributed by atoms with E-state index in [2.05, 4.69) is 27.4 Å². The molecular formula is C30H39F3N4O3S. The van der Waals surface area contributed by atoms with E-state index in [4.69, 9.17) is 14.9 Å². The number of hydrogen-bond acceptors (Lipinski definition) is 7. The lowest BCUT2D eigenvalue weighted by Crippen LogP contribution is -2.39. The molecule has 4 rings (SSSR count). The quantitative estimate of drug-likeness (QED) is 0.189. The SMILES string of the molecule is CO.COc1cc(SC)ccc1NCC#Cc1cc2c(NC3CCN(CCCO)CC3)cccc2n1CC(F)(F)F. The van der Waals surface area contributed by atoms with Crippen LogP contribution in [0.3, 0.4) is 0 Å². The molecule has 0 atom stereocenters. The van der Waals surface area contributed by atoms with Gasteiger partial charge >= 0.3 is 6.18 Å². The second-order valence-corrected chi connectivity index (χ2v) is 10.4. The summed E-state index contributed by atoms with van der Waals surface area (Å²) >= 11 is 1.61. The van der Waals surface area contributed by atoms with Crippen molar-refractivity contribution >= 4 is 34.0 Å². The first-order valence-corrected chi connectivity index (χ1v) is 14.7. The number of ether oxygens (including phenoxy) is 1. The molecular weight excluding hydrogens is 553 g/mol. The van der Waals surface area contributed by atoms with E-state index in [0.717, 1.165) is 67.7 Å². The number of fused-ring (bicyclic) bond motifs is 1. The number of nitrogens with one attached hydrogen (secondary N) is 2. The van der Waals surface area contributed by atoms with Crippen LogP contribution in [0.15, 0.2) is 47.4 Å². The van der Waals surface area contributed by atoms with Crippen molar-refractivity contribution in [3.63, 3.8) is 0 Å². The minimum atomic E-state index is -4.38. The third-order valence-electron chi connectivity index (χ3n) is 6.86. The van der Waals surface area contributed by atoms with Gasteiger partial charge in [0.15, 0.2) is 0 Å². The summed E-state index contributed by atoms with van der Waals surface area (Å²) in [6, 6.07) is 13.2. The highest BCUT2D eigenvalue weighted by molar-refractivity contribution is 7.98. The number of aromatic nitrogens is 1. The Morgan fingerprint density at radius 3 is 2.51 bits per heavy atom. The van der Waals surface area contributed by atoms with Gasteiger partial charge in [-0.3, -0.25) is 0 Å². The van der Waals surface area contributed by atoms with Crippen LogP contribution in [0.4, 0.5) is 24.5 Å². The molecule has 2 aromatic carbocycles. The number of thioether (sulfide) groups is 1. The first-order chi connectivity index (χ1) is 19.8. The van der Waals surface area contributed by atoms with Crippen LogP contribution in [0.25, 0.3) is 10.9 Å². The summed E-state index contributed by atoms with van der Waals surface area (Å²) < 4.78 is 47.3. The van der Waals surface area contributed by atoms with E-state index in [1.165, 1.54) is 4.57 Å². The second-order valence-electron chi connectivity index (χ2n) is 9.53. The average molecular weight is 593 g/mol. The Bertz CT molecular complexity index is 1310. The fraction of sp³-hybridized carbons (Fsp3) is 0.467. The molecule has 0 radical (unpaired) electrons. The molecule has 7 nitrogen and oxygen atoms in total. The molecule has 224 valence electrons. The van der Waals surface area contributed by atoms with Crippen molar-refractivity contribution in [3.8, 4) is 17.6 Å². The highest BCUT2D eigenvalue weighted by Crippen LogP contribution is 2.32. The van der Waals surface area contributed by atoms with E-state index >= 15 is 0 Å². The average Bonchev–Trinajstić information content (AvgIpc) is 3.32. The number of nitrogens with zero attached hydrogens (tertiary/aromatic N) is 2. The number of alkyl halides is 3. The predicted octanol–water partition coefficient (Wildman–Crippen LogP) is 5.26. The van der Waals surface area contributed by atoms with Crippen molar-refractivity contribution in [3.05, 3.63) is 48.2 Å². The van der Waals surface area contributed by atoms with Crippen LogP contribution < -0.4 is 15.4 Å². The van der Waals surface area contributed by atoms with Crippen molar-refractivity contribution in [2.75, 3.05) is 63.9 Å². The first-order valence-electron chi connectivity index (χ1n) is 13.5. The maximum Gasteiger partial charge on any atom is 0.406 e. The van der Waals surface area contributed by atoms with Crippen LogP contribution in [0, 0.1) is 11.8 Å². The van der Waals surface area contributed by atoms with Crippen LogP contribution in [-0.2, 0) is 6.54 Å². The normalized spacial score (nSPS) is 14.1. The fourth-order valence-corrected chi connectivity index (χ4v) is 5.33. The Labute approximate surface area is 244 Å². The summed E-state index contributed by atoms with van der Waals surface area (Å²) in [7, 11) is 2.60. The number of rotatable bonds is 10. The molecule has 1 saturated heterocycles. The van der Waals surface area contributed by atoms with E-state index in [1.54, 1.807) is 37.1 Å². The number of benzene rings is 2. The highest BCUT2D eigenvalue weighted by atomic mass is 32.2. The molecule has 2 heterocycles. The van der Waals surface area contributed by atoms with Crippen molar-refractivity contribution in [2.45, 2.75) is 42.9 Å². The number of halogens is 3. The maximum absolute atomic E-state index is 13.5. The molecule has 0 saturated carbocycles. The Morgan fingerprint density at radius 2 is 1.85 bits per heavy atom. The monoisotopic (exact) mass is 592 g/mol. The van der Waals surface area contributed by atoms with Crippen molar-refractivity contribution in [1.29, 1.82) is 0 Å². The standard InChI is InChI=1S/C29H35F3N4O2S.CH4O/c1-38-28-19-23(39-2)9-10-26(28)33-13-4-6-22-18-24-25(7-3-8-27(24)36(22)20-29(30,31)32)34-21-11-15-35(16-12-21)14-5-17-37;1-2/h3,7-10,18-19,21,33-34,37H,5,11-17,20H2,1-2H3;2H,1H3. The number of aliphatic hydroxyl groups excluding tert-OH is 2. The molecule has 0 bridgehead atoms. The Kier molecular flexibility index (Phi) is 12.5. The highest BCUT2D eigenvalue weighted by Gasteiger charge is 2.30. The Balaban J connectivity index is 0.00000226. The van der Waals surface area contributed by atoms with Gasteiger partial charge in [0.25, 0.3) is 0 Å². The van der Waals surface area contributed by atoms with Crippen molar-refractivity contribution < 1.29 is 28.1 Å². The number of anilines is 2. The summed E-state index contributed by atoms with van der Waals surface area (Å²) in [5, 5.41) is 23.6. The Hall–Kier alpha value is -3.04. The molecule has 4 N–H and O–H groups in total. The van der Waals surface area contributed by atoms with Gasteiger partial charge in [-0.1, -0.05) is 12.0 Å².